The number of rotatable bonds is 9. The molecule has 0 aromatic carbocycles. The van der Waals surface area contributed by atoms with Crippen LogP contribution in [-0.4, -0.2) is 58.3 Å². The quantitative estimate of drug-likeness (QED) is 0.395. The molecule has 10 heteroatoms. The van der Waals surface area contributed by atoms with Crippen LogP contribution in [0.2, 0.25) is 0 Å². The molecular formula is C24H30N8O2. The maximum atomic E-state index is 12.1. The van der Waals surface area contributed by atoms with E-state index in [-0.39, 0.29) is 24.5 Å². The van der Waals surface area contributed by atoms with Crippen LogP contribution in [-0.2, 0) is 4.79 Å². The van der Waals surface area contributed by atoms with Crippen molar-refractivity contribution >= 4 is 11.4 Å². The first kappa shape index (κ1) is 22.3. The molecule has 0 spiro atoms. The van der Waals surface area contributed by atoms with Crippen molar-refractivity contribution in [2.75, 3.05) is 13.2 Å². The van der Waals surface area contributed by atoms with Crippen LogP contribution >= 0.6 is 0 Å². The molecule has 0 radical (unpaired) electrons. The fraction of sp³-hybridized carbons (Fsp3) is 0.458. The molecule has 34 heavy (non-hydrogen) atoms. The van der Waals surface area contributed by atoms with Crippen molar-refractivity contribution in [3.8, 4) is 22.5 Å². The highest BCUT2D eigenvalue weighted by molar-refractivity contribution is 5.80. The van der Waals surface area contributed by atoms with Gasteiger partial charge >= 0.3 is 0 Å². The molecule has 10 nitrogen and oxygen atoms in total. The maximum absolute atomic E-state index is 12.1. The van der Waals surface area contributed by atoms with Crippen molar-refractivity contribution < 1.29 is 9.90 Å². The minimum absolute atomic E-state index is 0.00190. The minimum Gasteiger partial charge on any atom is -0.395 e. The Morgan fingerprint density at radius 3 is 2.68 bits per heavy atom. The Kier molecular flexibility index (Phi) is 6.14. The van der Waals surface area contributed by atoms with E-state index in [0.29, 0.717) is 12.6 Å². The average Bonchev–Trinajstić information content (AvgIpc) is 3.57. The molecule has 5 rings (SSSR count). The van der Waals surface area contributed by atoms with Gasteiger partial charge in [-0.15, -0.1) is 0 Å². The Morgan fingerprint density at radius 1 is 1.12 bits per heavy atom. The summed E-state index contributed by atoms with van der Waals surface area (Å²) in [7, 11) is 0. The summed E-state index contributed by atoms with van der Waals surface area (Å²) in [5, 5.41) is 25.2. The third-order valence-corrected chi connectivity index (χ3v) is 6.75. The van der Waals surface area contributed by atoms with Gasteiger partial charge in [-0.05, 0) is 31.7 Å². The lowest BCUT2D eigenvalue weighted by Gasteiger charge is -2.34. The average molecular weight is 463 g/mol. The van der Waals surface area contributed by atoms with Gasteiger partial charge in [-0.25, -0.2) is 9.50 Å². The molecule has 1 saturated carbocycles. The summed E-state index contributed by atoms with van der Waals surface area (Å²) in [6.45, 7) is 4.60. The van der Waals surface area contributed by atoms with Gasteiger partial charge in [-0.2, -0.15) is 15.3 Å². The zero-order valence-corrected chi connectivity index (χ0v) is 19.5. The van der Waals surface area contributed by atoms with Crippen molar-refractivity contribution in [2.45, 2.75) is 51.6 Å². The van der Waals surface area contributed by atoms with Gasteiger partial charge in [0.1, 0.15) is 0 Å². The Morgan fingerprint density at radius 2 is 1.91 bits per heavy atom. The van der Waals surface area contributed by atoms with Gasteiger partial charge in [-0.3, -0.25) is 14.2 Å². The minimum atomic E-state index is -0.0431. The van der Waals surface area contributed by atoms with Crippen LogP contribution in [0.15, 0.2) is 43.2 Å². The summed E-state index contributed by atoms with van der Waals surface area (Å²) in [6, 6.07) is 2.51. The molecule has 178 valence electrons. The Hall–Kier alpha value is -3.53. The standard InChI is InChI=1S/C24H30N8O2/c1-3-19(4-2)30-14-18(12-28-30)23-22-5-6-26-32(22)15-21(29-23)17-11-27-31(13-17)20-9-16(10-20)24(34)25-7-8-33/h5-6,11-16,19-20,33H,3-4,7-10H2,1-2H3,(H,25,34)/t16-,20+. The van der Waals surface area contributed by atoms with E-state index >= 15 is 0 Å². The molecule has 0 saturated heterocycles. The number of nitrogens with zero attached hydrogens (tertiary/aromatic N) is 7. The van der Waals surface area contributed by atoms with E-state index < -0.39 is 0 Å². The van der Waals surface area contributed by atoms with E-state index in [1.54, 1.807) is 6.20 Å². The van der Waals surface area contributed by atoms with Gasteiger partial charge in [0.2, 0.25) is 5.91 Å². The van der Waals surface area contributed by atoms with Crippen LogP contribution < -0.4 is 5.32 Å². The van der Waals surface area contributed by atoms with Crippen molar-refractivity contribution in [2.24, 2.45) is 5.92 Å². The van der Waals surface area contributed by atoms with Gasteiger partial charge in [0.25, 0.3) is 0 Å². The van der Waals surface area contributed by atoms with E-state index in [0.717, 1.165) is 53.7 Å². The zero-order chi connectivity index (χ0) is 23.7. The SMILES string of the molecule is CCC(CC)n1cc(-c2nc(-c3cnn([C@H]4C[C@@H](C(=O)NCCO)C4)c3)cn3nccc23)cn1. The predicted molar refractivity (Wildman–Crippen MR) is 127 cm³/mol. The van der Waals surface area contributed by atoms with Gasteiger partial charge < -0.3 is 10.4 Å². The van der Waals surface area contributed by atoms with E-state index in [4.69, 9.17) is 10.1 Å². The number of hydrogen-bond donors (Lipinski definition) is 2. The number of aromatic nitrogens is 7. The Labute approximate surface area is 197 Å². The number of carbonyl (C=O) groups is 1. The van der Waals surface area contributed by atoms with E-state index in [2.05, 4.69) is 40.7 Å². The highest BCUT2D eigenvalue weighted by Gasteiger charge is 2.36. The van der Waals surface area contributed by atoms with Crippen LogP contribution in [0.1, 0.15) is 51.6 Å². The third kappa shape index (κ3) is 4.09. The highest BCUT2D eigenvalue weighted by atomic mass is 16.3. The number of aliphatic hydroxyl groups is 1. The number of carbonyl (C=O) groups excluding carboxylic acids is 1. The zero-order valence-electron chi connectivity index (χ0n) is 19.5. The van der Waals surface area contributed by atoms with Crippen molar-refractivity contribution in [1.82, 2.24) is 39.5 Å². The number of amides is 1. The second-order valence-electron chi connectivity index (χ2n) is 8.86. The number of fused-ring (bicyclic) bond motifs is 1. The fourth-order valence-electron chi connectivity index (χ4n) is 4.61. The maximum Gasteiger partial charge on any atom is 0.223 e. The molecule has 4 aromatic rings. The van der Waals surface area contributed by atoms with E-state index in [9.17, 15) is 4.79 Å². The monoisotopic (exact) mass is 462 g/mol. The number of hydrogen-bond acceptors (Lipinski definition) is 6. The molecular weight excluding hydrogens is 432 g/mol. The van der Waals surface area contributed by atoms with E-state index in [1.165, 1.54) is 0 Å². The molecule has 0 unspecified atom stereocenters. The summed E-state index contributed by atoms with van der Waals surface area (Å²) < 4.78 is 5.79. The first-order valence-corrected chi connectivity index (χ1v) is 11.9. The molecule has 1 aliphatic carbocycles. The number of nitrogens with one attached hydrogen (secondary N) is 1. The summed E-state index contributed by atoms with van der Waals surface area (Å²) >= 11 is 0. The largest absolute Gasteiger partial charge is 0.395 e. The molecule has 2 N–H and O–H groups in total. The lowest BCUT2D eigenvalue weighted by molar-refractivity contribution is -0.129. The van der Waals surface area contributed by atoms with Gasteiger partial charge in [0, 0.05) is 36.0 Å². The summed E-state index contributed by atoms with van der Waals surface area (Å²) in [5.41, 5.74) is 4.41. The summed E-state index contributed by atoms with van der Waals surface area (Å²) in [5.74, 6) is -0.0250. The van der Waals surface area contributed by atoms with Crippen LogP contribution in [0.4, 0.5) is 0 Å². The summed E-state index contributed by atoms with van der Waals surface area (Å²) in [4.78, 5) is 17.0. The fourth-order valence-corrected chi connectivity index (χ4v) is 4.61. The van der Waals surface area contributed by atoms with E-state index in [1.807, 2.05) is 44.7 Å². The second kappa shape index (κ2) is 9.38. The predicted octanol–water partition coefficient (Wildman–Crippen LogP) is 2.88. The third-order valence-electron chi connectivity index (χ3n) is 6.75. The smallest absolute Gasteiger partial charge is 0.223 e. The molecule has 4 heterocycles. The van der Waals surface area contributed by atoms with Crippen molar-refractivity contribution in [3.05, 3.63) is 43.2 Å². The normalized spacial score (nSPS) is 17.9. The van der Waals surface area contributed by atoms with Gasteiger partial charge in [-0.1, -0.05) is 13.8 Å². The summed E-state index contributed by atoms with van der Waals surface area (Å²) in [6.07, 6.45) is 15.0. The Bertz CT molecular complexity index is 1280. The molecule has 4 aromatic heterocycles. The molecule has 0 atom stereocenters. The van der Waals surface area contributed by atoms with Gasteiger partial charge in [0.05, 0.1) is 60.4 Å². The van der Waals surface area contributed by atoms with Crippen molar-refractivity contribution in [1.29, 1.82) is 0 Å². The topological polar surface area (TPSA) is 115 Å². The molecule has 1 amide bonds. The lowest BCUT2D eigenvalue weighted by Crippen LogP contribution is -2.40. The van der Waals surface area contributed by atoms with Crippen LogP contribution in [0.3, 0.4) is 0 Å². The Balaban J connectivity index is 1.39. The lowest BCUT2D eigenvalue weighted by atomic mass is 9.79. The molecule has 1 aliphatic rings. The molecule has 0 bridgehead atoms. The van der Waals surface area contributed by atoms with Crippen LogP contribution in [0.5, 0.6) is 0 Å². The van der Waals surface area contributed by atoms with Crippen LogP contribution in [0, 0.1) is 5.92 Å². The first-order chi connectivity index (χ1) is 16.6. The molecule has 1 fully saturated rings. The molecule has 0 aliphatic heterocycles. The van der Waals surface area contributed by atoms with Gasteiger partial charge in [0.15, 0.2) is 0 Å². The number of aliphatic hydroxyl groups excluding tert-OH is 1. The second-order valence-corrected chi connectivity index (χ2v) is 8.86. The highest BCUT2D eigenvalue weighted by Crippen LogP contribution is 2.38. The van der Waals surface area contributed by atoms with Crippen molar-refractivity contribution in [3.63, 3.8) is 0 Å². The first-order valence-electron chi connectivity index (χ1n) is 11.9. The van der Waals surface area contributed by atoms with Crippen LogP contribution in [0.25, 0.3) is 28.0 Å².